The first-order valence-corrected chi connectivity index (χ1v) is 13.0. The largest absolute Gasteiger partial charge is 0.274 e. The number of carbonyl (C=O) groups is 3. The summed E-state index contributed by atoms with van der Waals surface area (Å²) in [6.07, 6.45) is 5.64. The Morgan fingerprint density at radius 1 is 0.886 bits per heavy atom. The summed E-state index contributed by atoms with van der Waals surface area (Å²) in [6.45, 7) is 6.66. The summed E-state index contributed by atoms with van der Waals surface area (Å²) >= 11 is 0. The van der Waals surface area contributed by atoms with Crippen LogP contribution in [-0.2, 0) is 9.59 Å². The fourth-order valence-electron chi connectivity index (χ4n) is 7.55. The van der Waals surface area contributed by atoms with Gasteiger partial charge in [-0.1, -0.05) is 55.2 Å². The predicted molar refractivity (Wildman–Crippen MR) is 134 cm³/mol. The van der Waals surface area contributed by atoms with Gasteiger partial charge >= 0.3 is 0 Å². The lowest BCUT2D eigenvalue weighted by atomic mass is 9.68. The van der Waals surface area contributed by atoms with Crippen molar-refractivity contribution >= 4 is 23.4 Å². The smallest absolute Gasteiger partial charge is 0.268 e. The first-order valence-electron chi connectivity index (χ1n) is 13.0. The van der Waals surface area contributed by atoms with Crippen LogP contribution in [0.15, 0.2) is 42.5 Å². The third-order valence-corrected chi connectivity index (χ3v) is 8.79. The number of hydrazine groups is 1. The van der Waals surface area contributed by atoms with Crippen LogP contribution in [0.2, 0.25) is 0 Å². The molecule has 6 nitrogen and oxygen atoms in total. The SMILES string of the molecule is Cc1cc(C)c(N2C(=O)[C@H]3[C@H]4C5CCCCC5CCN4N(C(=O)c4ccccc4)[C@H]3C2=O)c(C)c1. The predicted octanol–water partition coefficient (Wildman–Crippen LogP) is 4.42. The highest BCUT2D eigenvalue weighted by molar-refractivity contribution is 6.25. The molecule has 0 N–H and O–H groups in total. The van der Waals surface area contributed by atoms with Crippen LogP contribution in [0.4, 0.5) is 5.69 Å². The van der Waals surface area contributed by atoms with Crippen LogP contribution >= 0.6 is 0 Å². The Balaban J connectivity index is 1.47. The van der Waals surface area contributed by atoms with E-state index in [1.54, 1.807) is 17.1 Å². The highest BCUT2D eigenvalue weighted by Gasteiger charge is 2.66. The maximum atomic E-state index is 14.2. The minimum Gasteiger partial charge on any atom is -0.274 e. The minimum atomic E-state index is -0.777. The van der Waals surface area contributed by atoms with E-state index in [4.69, 9.17) is 0 Å². The number of anilines is 1. The van der Waals surface area contributed by atoms with Gasteiger partial charge in [0.15, 0.2) is 0 Å². The molecule has 0 bridgehead atoms. The molecule has 3 amide bonds. The number of benzene rings is 2. The van der Waals surface area contributed by atoms with Crippen molar-refractivity contribution in [3.05, 3.63) is 64.7 Å². The lowest BCUT2D eigenvalue weighted by molar-refractivity contribution is -0.129. The van der Waals surface area contributed by atoms with E-state index in [2.05, 4.69) is 5.01 Å². The quantitative estimate of drug-likeness (QED) is 0.609. The van der Waals surface area contributed by atoms with Crippen LogP contribution < -0.4 is 4.90 Å². The summed E-state index contributed by atoms with van der Waals surface area (Å²) in [7, 11) is 0. The fourth-order valence-corrected chi connectivity index (χ4v) is 7.55. The third-order valence-electron chi connectivity index (χ3n) is 8.79. The molecule has 0 aromatic heterocycles. The number of rotatable bonds is 2. The van der Waals surface area contributed by atoms with Gasteiger partial charge in [0.1, 0.15) is 6.04 Å². The van der Waals surface area contributed by atoms with Gasteiger partial charge < -0.3 is 0 Å². The van der Waals surface area contributed by atoms with Crippen molar-refractivity contribution in [1.29, 1.82) is 0 Å². The van der Waals surface area contributed by atoms with Crippen molar-refractivity contribution in [2.75, 3.05) is 11.4 Å². The molecule has 2 aromatic carbocycles. The van der Waals surface area contributed by atoms with Gasteiger partial charge in [-0.15, -0.1) is 0 Å². The summed E-state index contributed by atoms with van der Waals surface area (Å²) in [5.41, 5.74) is 4.18. The molecule has 4 fully saturated rings. The molecule has 5 atom stereocenters. The van der Waals surface area contributed by atoms with Gasteiger partial charge in [-0.2, -0.15) is 0 Å². The van der Waals surface area contributed by atoms with Crippen LogP contribution in [0.25, 0.3) is 0 Å². The summed E-state index contributed by atoms with van der Waals surface area (Å²) in [5.74, 6) is -0.188. The van der Waals surface area contributed by atoms with Crippen molar-refractivity contribution < 1.29 is 14.4 Å². The molecule has 1 aliphatic carbocycles. The van der Waals surface area contributed by atoms with E-state index in [-0.39, 0.29) is 23.8 Å². The van der Waals surface area contributed by atoms with E-state index in [0.29, 0.717) is 23.1 Å². The summed E-state index contributed by atoms with van der Waals surface area (Å²) in [5, 5.41) is 3.79. The Kier molecular flexibility index (Phi) is 5.33. The molecule has 6 rings (SSSR count). The van der Waals surface area contributed by atoms with Gasteiger partial charge in [0, 0.05) is 18.2 Å². The van der Waals surface area contributed by atoms with Crippen molar-refractivity contribution in [2.24, 2.45) is 17.8 Å². The topological polar surface area (TPSA) is 60.9 Å². The standard InChI is InChI=1S/C29H33N3O3/c1-17-15-18(2)24(19(3)16-17)31-28(34)23-25-22-12-8-7-9-20(22)13-14-30(25)32(26(23)29(31)35)27(33)21-10-5-4-6-11-21/h4-6,10-11,15-16,20,22-23,25-26H,7-9,12-14H2,1-3H3/t20?,22?,23-,25+,26+/m0/s1. The van der Waals surface area contributed by atoms with Crippen LogP contribution in [0, 0.1) is 38.5 Å². The van der Waals surface area contributed by atoms with Gasteiger partial charge in [0.2, 0.25) is 5.91 Å². The maximum absolute atomic E-state index is 14.2. The Morgan fingerprint density at radius 3 is 2.29 bits per heavy atom. The number of piperidine rings is 1. The maximum Gasteiger partial charge on any atom is 0.268 e. The van der Waals surface area contributed by atoms with Crippen molar-refractivity contribution in [3.8, 4) is 0 Å². The number of fused-ring (bicyclic) bond motifs is 5. The Bertz CT molecular complexity index is 1190. The average molecular weight is 472 g/mol. The molecule has 2 aromatic rings. The van der Waals surface area contributed by atoms with Crippen molar-refractivity contribution in [1.82, 2.24) is 10.0 Å². The van der Waals surface area contributed by atoms with E-state index in [1.165, 1.54) is 17.7 Å². The summed E-state index contributed by atoms with van der Waals surface area (Å²) in [4.78, 5) is 43.6. The van der Waals surface area contributed by atoms with Crippen LogP contribution in [0.3, 0.4) is 0 Å². The number of imide groups is 1. The number of aryl methyl sites for hydroxylation is 3. The molecule has 4 aliphatic rings. The van der Waals surface area contributed by atoms with Crippen LogP contribution in [-0.4, -0.2) is 46.4 Å². The highest BCUT2D eigenvalue weighted by Crippen LogP contribution is 2.51. The van der Waals surface area contributed by atoms with Crippen molar-refractivity contribution in [2.45, 2.75) is 65.0 Å². The Hall–Kier alpha value is -2.99. The first-order chi connectivity index (χ1) is 16.9. The summed E-state index contributed by atoms with van der Waals surface area (Å²) in [6, 6.07) is 12.3. The molecule has 3 heterocycles. The Labute approximate surface area is 206 Å². The number of hydrogen-bond acceptors (Lipinski definition) is 4. The molecule has 0 spiro atoms. The van der Waals surface area contributed by atoms with E-state index in [1.807, 2.05) is 51.1 Å². The monoisotopic (exact) mass is 471 g/mol. The summed E-state index contributed by atoms with van der Waals surface area (Å²) < 4.78 is 0. The van der Waals surface area contributed by atoms with Gasteiger partial charge in [-0.25, -0.2) is 9.91 Å². The number of nitrogens with zero attached hydrogens (tertiary/aromatic N) is 3. The van der Waals surface area contributed by atoms with E-state index in [9.17, 15) is 14.4 Å². The number of carbonyl (C=O) groups excluding carboxylic acids is 3. The molecule has 1 saturated carbocycles. The molecule has 182 valence electrons. The number of amides is 3. The zero-order valence-electron chi connectivity index (χ0n) is 20.7. The van der Waals surface area contributed by atoms with Crippen LogP contribution in [0.1, 0.15) is 59.2 Å². The third kappa shape index (κ3) is 3.29. The fraction of sp³-hybridized carbons (Fsp3) is 0.483. The van der Waals surface area contributed by atoms with E-state index < -0.39 is 12.0 Å². The second-order valence-corrected chi connectivity index (χ2v) is 10.9. The lowest BCUT2D eigenvalue weighted by Crippen LogP contribution is -2.57. The van der Waals surface area contributed by atoms with Crippen molar-refractivity contribution in [3.63, 3.8) is 0 Å². The van der Waals surface area contributed by atoms with Gasteiger partial charge in [-0.05, 0) is 68.7 Å². The normalized spacial score (nSPS) is 30.3. The zero-order valence-corrected chi connectivity index (χ0v) is 20.7. The molecule has 2 unspecified atom stereocenters. The molecular weight excluding hydrogens is 438 g/mol. The molecule has 6 heteroatoms. The lowest BCUT2D eigenvalue weighted by Gasteiger charge is -2.47. The molecule has 0 radical (unpaired) electrons. The minimum absolute atomic E-state index is 0.0979. The molecular formula is C29H33N3O3. The van der Waals surface area contributed by atoms with E-state index >= 15 is 0 Å². The molecule has 35 heavy (non-hydrogen) atoms. The first kappa shape index (κ1) is 22.5. The van der Waals surface area contributed by atoms with Gasteiger partial charge in [0.25, 0.3) is 11.8 Å². The second kappa shape index (κ2) is 8.30. The van der Waals surface area contributed by atoms with E-state index in [0.717, 1.165) is 42.5 Å². The molecule has 3 saturated heterocycles. The number of hydrogen-bond donors (Lipinski definition) is 0. The van der Waals surface area contributed by atoms with Gasteiger partial charge in [-0.3, -0.25) is 19.4 Å². The zero-order chi connectivity index (χ0) is 24.4. The van der Waals surface area contributed by atoms with Crippen LogP contribution in [0.5, 0.6) is 0 Å². The average Bonchev–Trinajstić information content (AvgIpc) is 3.32. The second-order valence-electron chi connectivity index (χ2n) is 10.9. The Morgan fingerprint density at radius 2 is 1.57 bits per heavy atom. The highest BCUT2D eigenvalue weighted by atomic mass is 16.2. The molecule has 3 aliphatic heterocycles. The van der Waals surface area contributed by atoms with Gasteiger partial charge in [0.05, 0.1) is 11.6 Å².